The minimum Gasteiger partial charge on any atom is -0.331 e. The molecule has 2 atom stereocenters. The van der Waals surface area contributed by atoms with Crippen LogP contribution in [0.5, 0.6) is 0 Å². The number of aromatic nitrogens is 4. The largest absolute Gasteiger partial charge is 0.331 e. The van der Waals surface area contributed by atoms with Gasteiger partial charge in [0.05, 0.1) is 36.7 Å². The summed E-state index contributed by atoms with van der Waals surface area (Å²) in [5.41, 5.74) is 2.16. The number of hydrogen-bond donors (Lipinski definition) is 1. The van der Waals surface area contributed by atoms with Crippen molar-refractivity contribution in [3.8, 4) is 0 Å². The molecule has 1 N–H and O–H groups in total. The van der Waals surface area contributed by atoms with E-state index in [-0.39, 0.29) is 24.5 Å². The van der Waals surface area contributed by atoms with E-state index in [0.29, 0.717) is 23.1 Å². The summed E-state index contributed by atoms with van der Waals surface area (Å²) >= 11 is 0. The molecule has 8 nitrogen and oxygen atoms in total. The molecule has 2 aliphatic heterocycles. The maximum Gasteiger partial charge on any atom is 0.226 e. The second kappa shape index (κ2) is 10.2. The van der Waals surface area contributed by atoms with Crippen LogP contribution in [0.3, 0.4) is 0 Å². The third-order valence-electron chi connectivity index (χ3n) is 6.76. The predicted molar refractivity (Wildman–Crippen MR) is 132 cm³/mol. The van der Waals surface area contributed by atoms with Crippen molar-refractivity contribution in [2.75, 3.05) is 31.6 Å². The Bertz CT molecular complexity index is 1280. The summed E-state index contributed by atoms with van der Waals surface area (Å²) in [6, 6.07) is 2.73. The molecule has 0 bridgehead atoms. The lowest BCUT2D eigenvalue weighted by Gasteiger charge is -2.25. The van der Waals surface area contributed by atoms with E-state index in [0.717, 1.165) is 49.7 Å². The number of piperidine rings is 1. The quantitative estimate of drug-likeness (QED) is 0.523. The molecular formula is C25H27F3N8. The van der Waals surface area contributed by atoms with Crippen LogP contribution in [0.4, 0.5) is 24.8 Å². The Hall–Kier alpha value is -3.60. The molecule has 2 fully saturated rings. The summed E-state index contributed by atoms with van der Waals surface area (Å²) in [6.07, 6.45) is 5.87. The second-order valence-electron chi connectivity index (χ2n) is 8.99. The zero-order chi connectivity index (χ0) is 25.2. The number of rotatable bonds is 6. The van der Waals surface area contributed by atoms with Crippen molar-refractivity contribution < 1.29 is 13.2 Å². The molecule has 188 valence electrons. The van der Waals surface area contributed by atoms with Crippen molar-refractivity contribution in [3.05, 3.63) is 65.2 Å². The number of aliphatic imine (C=N–C) groups is 2. The number of alkyl halides is 1. The van der Waals surface area contributed by atoms with Crippen LogP contribution >= 0.6 is 0 Å². The lowest BCUT2D eigenvalue weighted by atomic mass is 10.0. The normalized spacial score (nSPS) is 21.2. The molecule has 0 spiro atoms. The summed E-state index contributed by atoms with van der Waals surface area (Å²) in [5.74, 6) is -1.02. The first kappa shape index (κ1) is 24.1. The molecule has 1 aromatic carbocycles. The van der Waals surface area contributed by atoms with Crippen molar-refractivity contribution in [2.45, 2.75) is 37.5 Å². The van der Waals surface area contributed by atoms with Crippen LogP contribution in [0.1, 0.15) is 48.2 Å². The van der Waals surface area contributed by atoms with Crippen molar-refractivity contribution in [1.82, 2.24) is 25.1 Å². The van der Waals surface area contributed by atoms with Gasteiger partial charge in [0.1, 0.15) is 29.2 Å². The molecule has 11 heteroatoms. The van der Waals surface area contributed by atoms with E-state index in [2.05, 4.69) is 37.1 Å². The van der Waals surface area contributed by atoms with Crippen LogP contribution in [0, 0.1) is 11.6 Å². The lowest BCUT2D eigenvalue weighted by Crippen LogP contribution is -2.29. The molecule has 2 aromatic heterocycles. The van der Waals surface area contributed by atoms with Gasteiger partial charge >= 0.3 is 0 Å². The molecule has 2 saturated heterocycles. The highest BCUT2D eigenvalue weighted by Crippen LogP contribution is 2.38. The maximum absolute atomic E-state index is 14.6. The Balaban J connectivity index is 1.51. The first-order valence-corrected chi connectivity index (χ1v) is 11.9. The summed E-state index contributed by atoms with van der Waals surface area (Å²) in [5, 5.41) is 7.90. The van der Waals surface area contributed by atoms with Gasteiger partial charge in [-0.25, -0.2) is 23.1 Å². The van der Waals surface area contributed by atoms with E-state index in [1.54, 1.807) is 18.1 Å². The zero-order valence-electron chi connectivity index (χ0n) is 19.9. The predicted octanol–water partition coefficient (Wildman–Crippen LogP) is 3.96. The molecule has 4 heterocycles. The molecule has 5 rings (SSSR count). The van der Waals surface area contributed by atoms with E-state index < -0.39 is 23.8 Å². The van der Waals surface area contributed by atoms with Crippen LogP contribution < -0.4 is 10.2 Å². The number of anilines is 1. The minimum absolute atomic E-state index is 0.00172. The SMILES string of the molecule is C=Nc1cnc(N2C[C@@H](F)C[C@@H]2c2cc(F)ccc2F)nc1/C(=N\C)c1cnn(C2CCNCC2)c1. The van der Waals surface area contributed by atoms with Gasteiger partial charge < -0.3 is 10.2 Å². The highest BCUT2D eigenvalue weighted by atomic mass is 19.1. The van der Waals surface area contributed by atoms with E-state index >= 15 is 0 Å². The fourth-order valence-electron chi connectivity index (χ4n) is 4.97. The van der Waals surface area contributed by atoms with Gasteiger partial charge in [-0.15, -0.1) is 0 Å². The number of nitrogens with zero attached hydrogens (tertiary/aromatic N) is 7. The molecule has 0 saturated carbocycles. The van der Waals surface area contributed by atoms with Gasteiger partial charge in [-0.3, -0.25) is 14.7 Å². The van der Waals surface area contributed by atoms with Gasteiger partial charge in [-0.1, -0.05) is 0 Å². The molecular weight excluding hydrogens is 469 g/mol. The number of hydrogen-bond acceptors (Lipinski definition) is 7. The highest BCUT2D eigenvalue weighted by molar-refractivity contribution is 6.14. The average Bonchev–Trinajstić information content (AvgIpc) is 3.54. The van der Waals surface area contributed by atoms with Crippen LogP contribution in [0.15, 0.2) is 46.8 Å². The molecule has 2 aliphatic rings. The highest BCUT2D eigenvalue weighted by Gasteiger charge is 2.37. The van der Waals surface area contributed by atoms with E-state index in [9.17, 15) is 13.2 Å². The smallest absolute Gasteiger partial charge is 0.226 e. The van der Waals surface area contributed by atoms with Gasteiger partial charge in [-0.2, -0.15) is 5.10 Å². The van der Waals surface area contributed by atoms with Crippen LogP contribution in [-0.4, -0.2) is 65.0 Å². The molecule has 0 radical (unpaired) electrons. The zero-order valence-corrected chi connectivity index (χ0v) is 19.9. The van der Waals surface area contributed by atoms with E-state index in [1.165, 1.54) is 6.20 Å². The molecule has 0 amide bonds. The Labute approximate surface area is 207 Å². The van der Waals surface area contributed by atoms with Crippen molar-refractivity contribution in [2.24, 2.45) is 9.98 Å². The fraction of sp³-hybridized carbons (Fsp3) is 0.400. The first-order valence-electron chi connectivity index (χ1n) is 11.9. The molecule has 0 aliphatic carbocycles. The Morgan fingerprint density at radius 1 is 1.19 bits per heavy atom. The first-order chi connectivity index (χ1) is 17.5. The average molecular weight is 497 g/mol. The van der Waals surface area contributed by atoms with Gasteiger partial charge in [0.15, 0.2) is 0 Å². The van der Waals surface area contributed by atoms with Gasteiger partial charge in [0.25, 0.3) is 0 Å². The summed E-state index contributed by atoms with van der Waals surface area (Å²) in [6.45, 7) is 5.45. The van der Waals surface area contributed by atoms with Crippen LogP contribution in [0.2, 0.25) is 0 Å². The van der Waals surface area contributed by atoms with Gasteiger partial charge in [0, 0.05) is 30.8 Å². The van der Waals surface area contributed by atoms with Crippen LogP contribution in [0.25, 0.3) is 0 Å². The number of halogens is 3. The van der Waals surface area contributed by atoms with Crippen molar-refractivity contribution in [3.63, 3.8) is 0 Å². The van der Waals surface area contributed by atoms with Gasteiger partial charge in [0.2, 0.25) is 5.95 Å². The molecule has 3 aromatic rings. The minimum atomic E-state index is -1.25. The number of nitrogens with one attached hydrogen (secondary N) is 1. The Kier molecular flexibility index (Phi) is 6.82. The third-order valence-corrected chi connectivity index (χ3v) is 6.76. The fourth-order valence-corrected chi connectivity index (χ4v) is 4.97. The Morgan fingerprint density at radius 2 is 2.00 bits per heavy atom. The van der Waals surface area contributed by atoms with E-state index in [4.69, 9.17) is 0 Å². The van der Waals surface area contributed by atoms with Crippen molar-refractivity contribution in [1.29, 1.82) is 0 Å². The third kappa shape index (κ3) is 4.62. The summed E-state index contributed by atoms with van der Waals surface area (Å²) in [7, 11) is 1.64. The van der Waals surface area contributed by atoms with Crippen LogP contribution in [-0.2, 0) is 0 Å². The molecule has 0 unspecified atom stereocenters. The van der Waals surface area contributed by atoms with Crippen molar-refractivity contribution >= 4 is 24.1 Å². The topological polar surface area (TPSA) is 83.6 Å². The monoisotopic (exact) mass is 496 g/mol. The summed E-state index contributed by atoms with van der Waals surface area (Å²) < 4.78 is 45.0. The second-order valence-corrected chi connectivity index (χ2v) is 8.99. The standard InChI is InChI=1S/C25H27F3N8/c1-29-21-12-32-25(35-14-17(27)10-22(35)19-9-16(26)3-4-20(19)28)34-24(21)23(30-2)15-11-33-36(13-15)18-5-7-31-8-6-18/h3-4,9,11-13,17-18,22,31H,1,5-8,10,14H2,2H3/b30-23-/t17-,22+/m0/s1. The van der Waals surface area contributed by atoms with Gasteiger partial charge in [-0.05, 0) is 50.8 Å². The summed E-state index contributed by atoms with van der Waals surface area (Å²) in [4.78, 5) is 19.1. The maximum atomic E-state index is 14.6. The van der Waals surface area contributed by atoms with E-state index in [1.807, 2.05) is 10.9 Å². The molecule has 36 heavy (non-hydrogen) atoms. The lowest BCUT2D eigenvalue weighted by molar-refractivity contribution is 0.343. The Morgan fingerprint density at radius 3 is 2.75 bits per heavy atom. The number of benzene rings is 1.